The molecule has 0 aliphatic carbocycles. The van der Waals surface area contributed by atoms with Gasteiger partial charge in [0.15, 0.2) is 5.82 Å². The average Bonchev–Trinajstić information content (AvgIpc) is 2.84. The molecule has 0 spiro atoms. The van der Waals surface area contributed by atoms with E-state index in [9.17, 15) is 18.0 Å². The van der Waals surface area contributed by atoms with Gasteiger partial charge in [0.2, 0.25) is 11.8 Å². The van der Waals surface area contributed by atoms with E-state index in [0.717, 1.165) is 48.9 Å². The molecule has 1 aromatic heterocycles. The first-order valence-corrected chi connectivity index (χ1v) is 12.8. The fourth-order valence-electron chi connectivity index (χ4n) is 4.11. The normalized spacial score (nSPS) is 15.9. The molecule has 0 bridgehead atoms. The molecule has 9 nitrogen and oxygen atoms in total. The van der Waals surface area contributed by atoms with Crippen LogP contribution >= 0.6 is 0 Å². The molecule has 2 amide bonds. The Hall–Kier alpha value is -3.79. The maximum absolute atomic E-state index is 12.9. The Bertz CT molecular complexity index is 1320. The van der Waals surface area contributed by atoms with Gasteiger partial charge in [0.25, 0.3) is 10.0 Å². The predicted octanol–water partition coefficient (Wildman–Crippen LogP) is 3.13. The van der Waals surface area contributed by atoms with Gasteiger partial charge >= 0.3 is 0 Å². The van der Waals surface area contributed by atoms with Crippen molar-refractivity contribution in [3.63, 3.8) is 0 Å². The molecular formula is C25H27N5O4S. The number of piperidine rings is 1. The molecule has 3 aromatic rings. The molecule has 182 valence electrons. The largest absolute Gasteiger partial charge is 0.354 e. The third-order valence-corrected chi connectivity index (χ3v) is 7.35. The summed E-state index contributed by atoms with van der Waals surface area (Å²) < 4.78 is 26.1. The number of carbonyl (C=O) groups excluding carboxylic acids is 2. The molecule has 4 rings (SSSR count). The van der Waals surface area contributed by atoms with E-state index in [1.165, 1.54) is 24.3 Å². The highest BCUT2D eigenvalue weighted by molar-refractivity contribution is 7.90. The fraction of sp³-hybridized carbons (Fsp3) is 0.280. The Balaban J connectivity index is 1.39. The summed E-state index contributed by atoms with van der Waals surface area (Å²) in [5.74, 6) is -0.327. The molecule has 1 saturated heterocycles. The summed E-state index contributed by atoms with van der Waals surface area (Å²) in [4.78, 5) is 26.0. The summed E-state index contributed by atoms with van der Waals surface area (Å²) in [6.45, 7) is 4.47. The number of benzene rings is 2. The van der Waals surface area contributed by atoms with Crippen LogP contribution in [0.3, 0.4) is 0 Å². The SMILES string of the molecule is CC(=O)NS(=O)(=O)c1ccc(NC(=O)C2CCCN(c3ccc(-c4ccccc4C)nn3)C2)cc1. The molecule has 0 radical (unpaired) electrons. The quantitative estimate of drug-likeness (QED) is 0.541. The molecule has 1 unspecified atom stereocenters. The zero-order chi connectivity index (χ0) is 25.0. The molecular weight excluding hydrogens is 466 g/mol. The third-order valence-electron chi connectivity index (χ3n) is 5.90. The molecule has 2 aromatic carbocycles. The number of nitrogens with zero attached hydrogens (tertiary/aromatic N) is 3. The van der Waals surface area contributed by atoms with E-state index in [-0.39, 0.29) is 16.7 Å². The van der Waals surface area contributed by atoms with Gasteiger partial charge in [-0.05, 0) is 61.7 Å². The Morgan fingerprint density at radius 1 is 1.00 bits per heavy atom. The van der Waals surface area contributed by atoms with E-state index in [0.29, 0.717) is 12.2 Å². The summed E-state index contributed by atoms with van der Waals surface area (Å²) >= 11 is 0. The zero-order valence-corrected chi connectivity index (χ0v) is 20.4. The van der Waals surface area contributed by atoms with Crippen LogP contribution in [0.1, 0.15) is 25.3 Å². The van der Waals surface area contributed by atoms with Gasteiger partial charge in [0, 0.05) is 31.3 Å². The molecule has 2 heterocycles. The van der Waals surface area contributed by atoms with Gasteiger partial charge in [-0.3, -0.25) is 9.59 Å². The number of anilines is 2. The van der Waals surface area contributed by atoms with Crippen molar-refractivity contribution in [3.05, 3.63) is 66.2 Å². The second-order valence-corrected chi connectivity index (χ2v) is 10.2. The molecule has 1 aliphatic rings. The van der Waals surface area contributed by atoms with Crippen molar-refractivity contribution in [2.45, 2.75) is 31.6 Å². The van der Waals surface area contributed by atoms with Crippen molar-refractivity contribution >= 4 is 33.3 Å². The number of amides is 2. The number of hydrogen-bond donors (Lipinski definition) is 2. The van der Waals surface area contributed by atoms with Crippen molar-refractivity contribution in [2.24, 2.45) is 5.92 Å². The first-order chi connectivity index (χ1) is 16.7. The highest BCUT2D eigenvalue weighted by Gasteiger charge is 2.27. The number of sulfonamides is 1. The number of rotatable bonds is 6. The van der Waals surface area contributed by atoms with Crippen LogP contribution < -0.4 is 14.9 Å². The first-order valence-electron chi connectivity index (χ1n) is 11.3. The summed E-state index contributed by atoms with van der Waals surface area (Å²) in [6.07, 6.45) is 1.58. The highest BCUT2D eigenvalue weighted by Crippen LogP contribution is 2.25. The van der Waals surface area contributed by atoms with Crippen LogP contribution in [-0.2, 0) is 19.6 Å². The second kappa shape index (κ2) is 10.2. The van der Waals surface area contributed by atoms with Crippen molar-refractivity contribution < 1.29 is 18.0 Å². The van der Waals surface area contributed by atoms with Crippen molar-refractivity contribution in [2.75, 3.05) is 23.3 Å². The number of nitrogens with one attached hydrogen (secondary N) is 2. The van der Waals surface area contributed by atoms with Crippen LogP contribution in [0.4, 0.5) is 11.5 Å². The molecule has 35 heavy (non-hydrogen) atoms. The fourth-order valence-corrected chi connectivity index (χ4v) is 5.10. The summed E-state index contributed by atoms with van der Waals surface area (Å²) in [5, 5.41) is 11.7. The minimum absolute atomic E-state index is 0.0535. The molecule has 2 N–H and O–H groups in total. The number of hydrogen-bond acceptors (Lipinski definition) is 7. The van der Waals surface area contributed by atoms with Crippen molar-refractivity contribution in [1.82, 2.24) is 14.9 Å². The standard InChI is InChI=1S/C25H27N5O4S/c1-17-6-3-4-8-22(17)23-13-14-24(28-27-23)30-15-5-7-19(16-30)25(32)26-20-9-11-21(12-10-20)35(33,34)29-18(2)31/h3-4,6,8-14,19H,5,7,15-16H2,1-2H3,(H,26,32)(H,29,31). The van der Waals surface area contributed by atoms with Crippen LogP contribution in [0.2, 0.25) is 0 Å². The average molecular weight is 494 g/mol. The van der Waals surface area contributed by atoms with E-state index >= 15 is 0 Å². The lowest BCUT2D eigenvalue weighted by atomic mass is 9.97. The second-order valence-electron chi connectivity index (χ2n) is 8.55. The van der Waals surface area contributed by atoms with E-state index in [1.807, 2.05) is 48.0 Å². The highest BCUT2D eigenvalue weighted by atomic mass is 32.2. The topological polar surface area (TPSA) is 121 Å². The molecule has 1 aliphatic heterocycles. The van der Waals surface area contributed by atoms with Gasteiger partial charge in [0.05, 0.1) is 16.5 Å². The molecule has 1 fully saturated rings. The smallest absolute Gasteiger partial charge is 0.264 e. The zero-order valence-electron chi connectivity index (χ0n) is 19.6. The maximum atomic E-state index is 12.9. The van der Waals surface area contributed by atoms with Crippen LogP contribution in [0.5, 0.6) is 0 Å². The lowest BCUT2D eigenvalue weighted by Gasteiger charge is -2.32. The minimum atomic E-state index is -3.92. The van der Waals surface area contributed by atoms with Crippen LogP contribution in [0, 0.1) is 12.8 Å². The lowest BCUT2D eigenvalue weighted by Crippen LogP contribution is -2.41. The molecule has 0 saturated carbocycles. The summed E-state index contributed by atoms with van der Waals surface area (Å²) in [7, 11) is -3.92. The Morgan fingerprint density at radius 2 is 1.74 bits per heavy atom. The van der Waals surface area contributed by atoms with E-state index in [4.69, 9.17) is 0 Å². The van der Waals surface area contributed by atoms with E-state index in [2.05, 4.69) is 20.4 Å². The van der Waals surface area contributed by atoms with E-state index in [1.54, 1.807) is 0 Å². The van der Waals surface area contributed by atoms with Gasteiger partial charge in [-0.1, -0.05) is 24.3 Å². The van der Waals surface area contributed by atoms with Gasteiger partial charge in [-0.2, -0.15) is 0 Å². The van der Waals surface area contributed by atoms with E-state index < -0.39 is 15.9 Å². The summed E-state index contributed by atoms with van der Waals surface area (Å²) in [6, 6.07) is 17.6. The Kier molecular flexibility index (Phi) is 7.11. The lowest BCUT2D eigenvalue weighted by molar-refractivity contribution is -0.120. The predicted molar refractivity (Wildman–Crippen MR) is 133 cm³/mol. The summed E-state index contributed by atoms with van der Waals surface area (Å²) in [5.41, 5.74) is 3.46. The van der Waals surface area contributed by atoms with Gasteiger partial charge in [-0.25, -0.2) is 13.1 Å². The number of carbonyl (C=O) groups is 2. The van der Waals surface area contributed by atoms with Crippen LogP contribution in [0.15, 0.2) is 65.6 Å². The molecule has 10 heteroatoms. The van der Waals surface area contributed by atoms with Crippen molar-refractivity contribution in [1.29, 1.82) is 0 Å². The van der Waals surface area contributed by atoms with Gasteiger partial charge in [0.1, 0.15) is 0 Å². The first kappa shape index (κ1) is 24.3. The van der Waals surface area contributed by atoms with Crippen LogP contribution in [-0.4, -0.2) is 43.5 Å². The molecule has 1 atom stereocenters. The monoisotopic (exact) mass is 493 g/mol. The number of aryl methyl sites for hydroxylation is 1. The van der Waals surface area contributed by atoms with Gasteiger partial charge < -0.3 is 10.2 Å². The Morgan fingerprint density at radius 3 is 2.40 bits per heavy atom. The Labute approximate surface area is 204 Å². The number of aromatic nitrogens is 2. The third kappa shape index (κ3) is 5.83. The van der Waals surface area contributed by atoms with Crippen LogP contribution in [0.25, 0.3) is 11.3 Å². The van der Waals surface area contributed by atoms with Gasteiger partial charge in [-0.15, -0.1) is 10.2 Å². The minimum Gasteiger partial charge on any atom is -0.354 e. The maximum Gasteiger partial charge on any atom is 0.264 e. The van der Waals surface area contributed by atoms with Crippen molar-refractivity contribution in [3.8, 4) is 11.3 Å².